The van der Waals surface area contributed by atoms with Crippen molar-refractivity contribution in [1.29, 1.82) is 0 Å². The average molecular weight is 272 g/mol. The first-order chi connectivity index (χ1) is 9.81. The van der Waals surface area contributed by atoms with E-state index in [9.17, 15) is 0 Å². The fraction of sp³-hybridized carbons (Fsp3) is 0.529. The SMILES string of the molecule is Cc1oc2ccccc2c1C(CN)N1CCCCCC1. The van der Waals surface area contributed by atoms with Crippen molar-refractivity contribution in [1.82, 2.24) is 4.90 Å². The van der Waals surface area contributed by atoms with E-state index in [2.05, 4.69) is 24.0 Å². The second-order valence-corrected chi connectivity index (χ2v) is 5.77. The highest BCUT2D eigenvalue weighted by Crippen LogP contribution is 2.34. The maximum absolute atomic E-state index is 6.12. The number of hydrogen-bond donors (Lipinski definition) is 1. The summed E-state index contributed by atoms with van der Waals surface area (Å²) in [5.41, 5.74) is 8.40. The van der Waals surface area contributed by atoms with E-state index in [4.69, 9.17) is 10.2 Å². The van der Waals surface area contributed by atoms with E-state index < -0.39 is 0 Å². The molecule has 2 heterocycles. The van der Waals surface area contributed by atoms with E-state index in [1.807, 2.05) is 12.1 Å². The third-order valence-corrected chi connectivity index (χ3v) is 4.46. The molecule has 0 radical (unpaired) electrons. The van der Waals surface area contributed by atoms with Gasteiger partial charge >= 0.3 is 0 Å². The smallest absolute Gasteiger partial charge is 0.134 e. The first-order valence-electron chi connectivity index (χ1n) is 7.73. The van der Waals surface area contributed by atoms with E-state index in [1.54, 1.807) is 0 Å². The molecule has 1 aromatic heterocycles. The van der Waals surface area contributed by atoms with E-state index in [-0.39, 0.29) is 6.04 Å². The Labute approximate surface area is 120 Å². The molecule has 3 rings (SSSR count). The van der Waals surface area contributed by atoms with Crippen LogP contribution in [0.5, 0.6) is 0 Å². The summed E-state index contributed by atoms with van der Waals surface area (Å²) in [6.07, 6.45) is 5.26. The Morgan fingerprint density at radius 2 is 1.85 bits per heavy atom. The van der Waals surface area contributed by atoms with Crippen LogP contribution in [0.3, 0.4) is 0 Å². The van der Waals surface area contributed by atoms with E-state index in [0.29, 0.717) is 6.54 Å². The second-order valence-electron chi connectivity index (χ2n) is 5.77. The van der Waals surface area contributed by atoms with Gasteiger partial charge in [-0.1, -0.05) is 31.0 Å². The lowest BCUT2D eigenvalue weighted by Gasteiger charge is -2.29. The maximum Gasteiger partial charge on any atom is 0.134 e. The minimum absolute atomic E-state index is 0.289. The van der Waals surface area contributed by atoms with Crippen molar-refractivity contribution in [2.45, 2.75) is 38.6 Å². The fourth-order valence-corrected chi connectivity index (χ4v) is 3.46. The lowest BCUT2D eigenvalue weighted by atomic mass is 10.0. The molecule has 2 aromatic rings. The van der Waals surface area contributed by atoms with E-state index >= 15 is 0 Å². The molecule has 0 aliphatic carbocycles. The summed E-state index contributed by atoms with van der Waals surface area (Å²) < 4.78 is 5.92. The Bertz CT molecular complexity index is 567. The van der Waals surface area contributed by atoms with Crippen LogP contribution in [0.2, 0.25) is 0 Å². The number of nitrogens with two attached hydrogens (primary N) is 1. The van der Waals surface area contributed by atoms with Gasteiger partial charge in [0.2, 0.25) is 0 Å². The molecule has 3 nitrogen and oxygen atoms in total. The van der Waals surface area contributed by atoms with E-state index in [0.717, 1.165) is 24.4 Å². The summed E-state index contributed by atoms with van der Waals surface area (Å²) in [5.74, 6) is 1.02. The number of benzene rings is 1. The van der Waals surface area contributed by atoms with Gasteiger partial charge < -0.3 is 10.2 Å². The molecule has 1 atom stereocenters. The van der Waals surface area contributed by atoms with Gasteiger partial charge in [0.05, 0.1) is 6.04 Å². The van der Waals surface area contributed by atoms with E-state index in [1.165, 1.54) is 36.6 Å². The number of fused-ring (bicyclic) bond motifs is 1. The van der Waals surface area contributed by atoms with Crippen LogP contribution in [0, 0.1) is 6.92 Å². The zero-order valence-electron chi connectivity index (χ0n) is 12.3. The van der Waals surface area contributed by atoms with Crippen LogP contribution in [0.15, 0.2) is 28.7 Å². The minimum Gasteiger partial charge on any atom is -0.461 e. The number of aryl methyl sites for hydroxylation is 1. The Balaban J connectivity index is 1.99. The average Bonchev–Trinajstić information content (AvgIpc) is 2.66. The zero-order valence-corrected chi connectivity index (χ0v) is 12.3. The monoisotopic (exact) mass is 272 g/mol. The van der Waals surface area contributed by atoms with Gasteiger partial charge in [-0.2, -0.15) is 0 Å². The Morgan fingerprint density at radius 3 is 2.55 bits per heavy atom. The molecule has 0 spiro atoms. The number of furan rings is 1. The summed E-state index contributed by atoms with van der Waals surface area (Å²) in [7, 11) is 0. The minimum atomic E-state index is 0.289. The highest BCUT2D eigenvalue weighted by atomic mass is 16.3. The van der Waals surface area contributed by atoms with Crippen LogP contribution in [-0.2, 0) is 0 Å². The number of likely N-dealkylation sites (tertiary alicyclic amines) is 1. The quantitative estimate of drug-likeness (QED) is 0.928. The lowest BCUT2D eigenvalue weighted by Crippen LogP contribution is -2.34. The molecule has 3 heteroatoms. The van der Waals surface area contributed by atoms with Crippen LogP contribution >= 0.6 is 0 Å². The fourth-order valence-electron chi connectivity index (χ4n) is 3.46. The van der Waals surface area contributed by atoms with Crippen molar-refractivity contribution in [3.05, 3.63) is 35.6 Å². The molecule has 1 aromatic carbocycles. The van der Waals surface area contributed by atoms with Crippen molar-refractivity contribution in [2.75, 3.05) is 19.6 Å². The van der Waals surface area contributed by atoms with Gasteiger partial charge in [0.1, 0.15) is 11.3 Å². The van der Waals surface area contributed by atoms with Gasteiger partial charge in [-0.3, -0.25) is 4.90 Å². The van der Waals surface area contributed by atoms with Crippen LogP contribution < -0.4 is 5.73 Å². The third-order valence-electron chi connectivity index (χ3n) is 4.46. The third kappa shape index (κ3) is 2.48. The molecule has 1 unspecified atom stereocenters. The molecule has 1 aliphatic heterocycles. The van der Waals surface area contributed by atoms with Crippen LogP contribution in [0.25, 0.3) is 11.0 Å². The van der Waals surface area contributed by atoms with Gasteiger partial charge in [0.25, 0.3) is 0 Å². The molecular formula is C17H24N2O. The summed E-state index contributed by atoms with van der Waals surface area (Å²) in [5, 5.41) is 1.23. The van der Waals surface area contributed by atoms with Gasteiger partial charge in [-0.05, 0) is 38.9 Å². The molecule has 2 N–H and O–H groups in total. The molecule has 1 aliphatic rings. The number of rotatable bonds is 3. The molecule has 1 fully saturated rings. The summed E-state index contributed by atoms with van der Waals surface area (Å²) in [4.78, 5) is 2.55. The van der Waals surface area contributed by atoms with Crippen LogP contribution in [0.1, 0.15) is 43.0 Å². The topological polar surface area (TPSA) is 42.4 Å². The maximum atomic E-state index is 6.12. The molecular weight excluding hydrogens is 248 g/mol. The number of nitrogens with zero attached hydrogens (tertiary/aromatic N) is 1. The van der Waals surface area contributed by atoms with Gasteiger partial charge in [-0.25, -0.2) is 0 Å². The normalized spacial score (nSPS) is 19.1. The van der Waals surface area contributed by atoms with Crippen molar-refractivity contribution in [3.8, 4) is 0 Å². The first-order valence-corrected chi connectivity index (χ1v) is 7.73. The van der Waals surface area contributed by atoms with Crippen LogP contribution in [-0.4, -0.2) is 24.5 Å². The zero-order chi connectivity index (χ0) is 13.9. The molecule has 0 saturated carbocycles. The number of para-hydroxylation sites is 1. The molecule has 0 amide bonds. The Morgan fingerprint density at radius 1 is 1.15 bits per heavy atom. The van der Waals surface area contributed by atoms with Gasteiger partial charge in [0, 0.05) is 17.5 Å². The highest BCUT2D eigenvalue weighted by molar-refractivity contribution is 5.82. The summed E-state index contributed by atoms with van der Waals surface area (Å²) >= 11 is 0. The Hall–Kier alpha value is -1.32. The van der Waals surface area contributed by atoms with Gasteiger partial charge in [0.15, 0.2) is 0 Å². The first kappa shape index (κ1) is 13.7. The largest absolute Gasteiger partial charge is 0.461 e. The second kappa shape index (κ2) is 5.98. The molecule has 20 heavy (non-hydrogen) atoms. The molecule has 1 saturated heterocycles. The number of hydrogen-bond acceptors (Lipinski definition) is 3. The summed E-state index contributed by atoms with van der Waals surface area (Å²) in [6.45, 7) is 5.03. The molecule has 108 valence electrons. The van der Waals surface area contributed by atoms with Crippen molar-refractivity contribution in [2.24, 2.45) is 5.73 Å². The van der Waals surface area contributed by atoms with Crippen LogP contribution in [0.4, 0.5) is 0 Å². The standard InChI is InChI=1S/C17H24N2O/c1-13-17(14-8-4-5-9-16(14)20-13)15(12-18)19-10-6-2-3-7-11-19/h4-5,8-9,15H,2-3,6-7,10-12,18H2,1H3. The van der Waals surface area contributed by atoms with Crippen molar-refractivity contribution < 1.29 is 4.42 Å². The predicted molar refractivity (Wildman–Crippen MR) is 82.8 cm³/mol. The highest BCUT2D eigenvalue weighted by Gasteiger charge is 2.25. The summed E-state index contributed by atoms with van der Waals surface area (Å²) in [6, 6.07) is 8.59. The van der Waals surface area contributed by atoms with Crippen molar-refractivity contribution in [3.63, 3.8) is 0 Å². The Kier molecular flexibility index (Phi) is 4.08. The van der Waals surface area contributed by atoms with Gasteiger partial charge in [-0.15, -0.1) is 0 Å². The lowest BCUT2D eigenvalue weighted by molar-refractivity contribution is 0.209. The van der Waals surface area contributed by atoms with Crippen molar-refractivity contribution >= 4 is 11.0 Å². The predicted octanol–water partition coefficient (Wildman–Crippen LogP) is 3.62. The molecule has 0 bridgehead atoms.